The number of hydrogen-bond donors (Lipinski definition) is 1. The molecule has 1 aliphatic heterocycles. The maximum Gasteiger partial charge on any atom is 0.333 e. The lowest BCUT2D eigenvalue weighted by Gasteiger charge is -2.29. The molecule has 2 atom stereocenters. The van der Waals surface area contributed by atoms with Gasteiger partial charge in [0.25, 0.3) is 0 Å². The van der Waals surface area contributed by atoms with E-state index in [1.54, 1.807) is 0 Å². The molecule has 0 bridgehead atoms. The Morgan fingerprint density at radius 3 is 2.86 bits per heavy atom. The summed E-state index contributed by atoms with van der Waals surface area (Å²) in [5, 5.41) is 9.85. The molecule has 14 heavy (non-hydrogen) atoms. The molecular formula is C9H10O5. The van der Waals surface area contributed by atoms with Gasteiger partial charge >= 0.3 is 11.9 Å². The highest BCUT2D eigenvalue weighted by atomic mass is 16.7. The lowest BCUT2D eigenvalue weighted by molar-refractivity contribution is -0.240. The fourth-order valence-electron chi connectivity index (χ4n) is 1.72. The number of esters is 2. The lowest BCUT2D eigenvalue weighted by Crippen LogP contribution is -2.45. The summed E-state index contributed by atoms with van der Waals surface area (Å²) in [6.45, 7) is 0. The van der Waals surface area contributed by atoms with E-state index in [1.807, 2.05) is 0 Å². The molecule has 0 radical (unpaired) electrons. The number of ether oxygens (including phenoxy) is 2. The van der Waals surface area contributed by atoms with Gasteiger partial charge in [-0.3, -0.25) is 0 Å². The monoisotopic (exact) mass is 198 g/mol. The van der Waals surface area contributed by atoms with Crippen molar-refractivity contribution in [3.8, 4) is 0 Å². The van der Waals surface area contributed by atoms with E-state index in [1.165, 1.54) is 0 Å². The van der Waals surface area contributed by atoms with Crippen molar-refractivity contribution in [2.45, 2.75) is 31.2 Å². The number of hydrogen-bond acceptors (Lipinski definition) is 5. The number of rotatable bonds is 0. The third-order valence-electron chi connectivity index (χ3n) is 2.40. The largest absolute Gasteiger partial charge is 0.452 e. The molecule has 0 aromatic carbocycles. The second-order valence-corrected chi connectivity index (χ2v) is 3.42. The molecule has 5 nitrogen and oxygen atoms in total. The topological polar surface area (TPSA) is 72.8 Å². The molecule has 0 amide bonds. The highest BCUT2D eigenvalue weighted by molar-refractivity contribution is 5.92. The predicted octanol–water partition coefficient (Wildman–Crippen LogP) is -0.116. The zero-order valence-electron chi connectivity index (χ0n) is 7.43. The Labute approximate surface area is 80.3 Å². The summed E-state index contributed by atoms with van der Waals surface area (Å²) in [4.78, 5) is 22.1. The summed E-state index contributed by atoms with van der Waals surface area (Å²) >= 11 is 0. The Balaban J connectivity index is 2.27. The first-order chi connectivity index (χ1) is 6.60. The van der Waals surface area contributed by atoms with Crippen molar-refractivity contribution in [1.82, 2.24) is 0 Å². The maximum atomic E-state index is 11.1. The van der Waals surface area contributed by atoms with Gasteiger partial charge in [0.1, 0.15) is 0 Å². The van der Waals surface area contributed by atoms with Gasteiger partial charge in [-0.15, -0.1) is 0 Å². The molecule has 2 rings (SSSR count). The van der Waals surface area contributed by atoms with Crippen LogP contribution in [-0.2, 0) is 19.1 Å². The Hall–Kier alpha value is -1.36. The first-order valence-corrected chi connectivity index (χ1v) is 4.44. The Morgan fingerprint density at radius 2 is 2.07 bits per heavy atom. The van der Waals surface area contributed by atoms with E-state index in [9.17, 15) is 14.7 Å². The smallest absolute Gasteiger partial charge is 0.333 e. The van der Waals surface area contributed by atoms with E-state index in [2.05, 4.69) is 0 Å². The van der Waals surface area contributed by atoms with Crippen LogP contribution in [0.3, 0.4) is 0 Å². The van der Waals surface area contributed by atoms with E-state index in [4.69, 9.17) is 9.47 Å². The number of aliphatic hydroxyl groups is 1. The van der Waals surface area contributed by atoms with Gasteiger partial charge in [-0.2, -0.15) is 0 Å². The molecule has 0 spiro atoms. The molecule has 0 aromatic heterocycles. The maximum absolute atomic E-state index is 11.1. The molecule has 2 unspecified atom stereocenters. The molecule has 1 heterocycles. The minimum atomic E-state index is -1.63. The molecular weight excluding hydrogens is 188 g/mol. The van der Waals surface area contributed by atoms with Crippen LogP contribution in [-0.4, -0.2) is 28.9 Å². The second-order valence-electron chi connectivity index (χ2n) is 3.42. The summed E-state index contributed by atoms with van der Waals surface area (Å²) in [5.74, 6) is -2.96. The average molecular weight is 198 g/mol. The first kappa shape index (κ1) is 9.21. The van der Waals surface area contributed by atoms with Crippen LogP contribution in [0.15, 0.2) is 12.2 Å². The van der Waals surface area contributed by atoms with E-state index >= 15 is 0 Å². The van der Waals surface area contributed by atoms with E-state index in [0.29, 0.717) is 19.3 Å². The van der Waals surface area contributed by atoms with Crippen LogP contribution >= 0.6 is 0 Å². The number of carbonyl (C=O) groups excluding carboxylic acids is 2. The van der Waals surface area contributed by atoms with Crippen LogP contribution in [0.2, 0.25) is 0 Å². The van der Waals surface area contributed by atoms with Crippen molar-refractivity contribution in [3.63, 3.8) is 0 Å². The minimum absolute atomic E-state index is 0.310. The molecule has 1 fully saturated rings. The summed E-state index contributed by atoms with van der Waals surface area (Å²) < 4.78 is 9.72. The Kier molecular flexibility index (Phi) is 2.03. The van der Waals surface area contributed by atoms with Crippen LogP contribution in [0.5, 0.6) is 0 Å². The minimum Gasteiger partial charge on any atom is -0.452 e. The van der Waals surface area contributed by atoms with Crippen LogP contribution in [0, 0.1) is 0 Å². The van der Waals surface area contributed by atoms with Gasteiger partial charge in [0.2, 0.25) is 5.79 Å². The molecule has 2 aliphatic rings. The quantitative estimate of drug-likeness (QED) is 0.549. The second kappa shape index (κ2) is 3.09. The third-order valence-corrected chi connectivity index (χ3v) is 2.40. The van der Waals surface area contributed by atoms with Crippen LogP contribution < -0.4 is 0 Å². The summed E-state index contributed by atoms with van der Waals surface area (Å²) in [5.41, 5.74) is 0. The van der Waals surface area contributed by atoms with Crippen molar-refractivity contribution in [2.24, 2.45) is 0 Å². The summed E-state index contributed by atoms with van der Waals surface area (Å²) in [6.07, 6.45) is 2.72. The van der Waals surface area contributed by atoms with Crippen LogP contribution in [0.4, 0.5) is 0 Å². The van der Waals surface area contributed by atoms with Crippen molar-refractivity contribution < 1.29 is 24.2 Å². The first-order valence-electron chi connectivity index (χ1n) is 4.44. The van der Waals surface area contributed by atoms with E-state index in [0.717, 1.165) is 12.2 Å². The standard InChI is InChI=1S/C9H10O5/c10-7-3-4-8(11)14-9(12)5-1-2-6(9)13-7/h3-4,6,12H,1-2,5H2/b4-3+. The molecule has 76 valence electrons. The zero-order valence-corrected chi connectivity index (χ0v) is 7.43. The van der Waals surface area contributed by atoms with Gasteiger partial charge in [-0.05, 0) is 12.8 Å². The highest BCUT2D eigenvalue weighted by Gasteiger charge is 2.47. The van der Waals surface area contributed by atoms with Gasteiger partial charge in [0, 0.05) is 18.6 Å². The predicted molar refractivity (Wildman–Crippen MR) is 43.9 cm³/mol. The van der Waals surface area contributed by atoms with Gasteiger partial charge in [0.05, 0.1) is 0 Å². The molecule has 1 saturated carbocycles. The fraction of sp³-hybridized carbons (Fsp3) is 0.556. The van der Waals surface area contributed by atoms with E-state index in [-0.39, 0.29) is 0 Å². The van der Waals surface area contributed by atoms with Crippen molar-refractivity contribution in [1.29, 1.82) is 0 Å². The highest BCUT2D eigenvalue weighted by Crippen LogP contribution is 2.34. The Bertz CT molecular complexity index is 308. The van der Waals surface area contributed by atoms with Crippen molar-refractivity contribution in [2.75, 3.05) is 0 Å². The van der Waals surface area contributed by atoms with Gasteiger partial charge < -0.3 is 14.6 Å². The Morgan fingerprint density at radius 1 is 1.36 bits per heavy atom. The normalized spacial score (nSPS) is 39.1. The summed E-state index contributed by atoms with van der Waals surface area (Å²) in [6, 6.07) is 0. The summed E-state index contributed by atoms with van der Waals surface area (Å²) in [7, 11) is 0. The molecule has 5 heteroatoms. The third kappa shape index (κ3) is 1.50. The SMILES string of the molecule is O=C1/C=C/C(=O)OC2(O)CCCC2O1. The van der Waals surface area contributed by atoms with Gasteiger partial charge in [0.15, 0.2) is 6.10 Å². The van der Waals surface area contributed by atoms with Crippen LogP contribution in [0.1, 0.15) is 19.3 Å². The van der Waals surface area contributed by atoms with Crippen molar-refractivity contribution in [3.05, 3.63) is 12.2 Å². The van der Waals surface area contributed by atoms with E-state index < -0.39 is 23.8 Å². The molecule has 0 saturated heterocycles. The van der Waals surface area contributed by atoms with Crippen molar-refractivity contribution >= 4 is 11.9 Å². The zero-order chi connectivity index (χ0) is 10.2. The van der Waals surface area contributed by atoms with Gasteiger partial charge in [-0.25, -0.2) is 9.59 Å². The average Bonchev–Trinajstić information content (AvgIpc) is 2.42. The fourth-order valence-corrected chi connectivity index (χ4v) is 1.72. The van der Waals surface area contributed by atoms with Crippen LogP contribution in [0.25, 0.3) is 0 Å². The molecule has 1 aliphatic carbocycles. The molecule has 1 N–H and O–H groups in total. The number of fused-ring (bicyclic) bond motifs is 1. The molecule has 0 aromatic rings. The number of carbonyl (C=O) groups is 2. The lowest BCUT2D eigenvalue weighted by atomic mass is 10.2. The van der Waals surface area contributed by atoms with Gasteiger partial charge in [-0.1, -0.05) is 0 Å².